The molecule has 190 valence electrons. The molecule has 1 saturated carbocycles. The molecule has 1 amide bonds. The zero-order valence-corrected chi connectivity index (χ0v) is 21.2. The maximum absolute atomic E-state index is 12.5. The van der Waals surface area contributed by atoms with Crippen molar-refractivity contribution in [1.29, 1.82) is 0 Å². The van der Waals surface area contributed by atoms with E-state index in [1.54, 1.807) is 12.1 Å². The first-order chi connectivity index (χ1) is 17.7. The Morgan fingerprint density at radius 1 is 0.973 bits per heavy atom. The molecule has 0 unspecified atom stereocenters. The smallest absolute Gasteiger partial charge is 0.408 e. The molecule has 0 radical (unpaired) electrons. The molecular formula is C30H31N3O4. The number of anilines is 1. The van der Waals surface area contributed by atoms with Crippen molar-refractivity contribution in [2.24, 2.45) is 0 Å². The third-order valence-corrected chi connectivity index (χ3v) is 6.83. The summed E-state index contributed by atoms with van der Waals surface area (Å²) in [6.45, 7) is 5.57. The summed E-state index contributed by atoms with van der Waals surface area (Å²) in [5, 5.41) is 23.7. The molecule has 0 spiro atoms. The van der Waals surface area contributed by atoms with E-state index in [0.29, 0.717) is 10.9 Å². The molecule has 4 aromatic rings. The Morgan fingerprint density at radius 3 is 2.27 bits per heavy atom. The second-order valence-electron chi connectivity index (χ2n) is 10.5. The summed E-state index contributed by atoms with van der Waals surface area (Å²) in [6.07, 6.45) is 2.34. The summed E-state index contributed by atoms with van der Waals surface area (Å²) in [7, 11) is 0. The number of aromatic nitrogens is 1. The molecular weight excluding hydrogens is 466 g/mol. The standard InChI is InChI=1S/C30H31N3O4/c1-29(2,3)37-28(35)32-30(16-7-17-30)21-12-10-20(11-13-21)26-22(19-8-5-4-6-9-19)18-23-24(31-26)14-15-25(33-36)27(23)34/h4-6,8-15,18,33-34,36H,7,16-17H2,1-3H3,(H,32,35). The molecule has 0 saturated heterocycles. The zero-order chi connectivity index (χ0) is 26.2. The van der Waals surface area contributed by atoms with Crippen molar-refractivity contribution in [3.8, 4) is 28.1 Å². The van der Waals surface area contributed by atoms with Gasteiger partial charge in [0.1, 0.15) is 17.0 Å². The van der Waals surface area contributed by atoms with Gasteiger partial charge < -0.3 is 15.2 Å². The molecule has 0 atom stereocenters. The van der Waals surface area contributed by atoms with Crippen molar-refractivity contribution in [3.05, 3.63) is 78.4 Å². The number of aromatic hydroxyl groups is 1. The maximum Gasteiger partial charge on any atom is 0.408 e. The van der Waals surface area contributed by atoms with Crippen molar-refractivity contribution in [3.63, 3.8) is 0 Å². The van der Waals surface area contributed by atoms with Gasteiger partial charge in [0.2, 0.25) is 0 Å². The van der Waals surface area contributed by atoms with Crippen LogP contribution < -0.4 is 10.8 Å². The summed E-state index contributed by atoms with van der Waals surface area (Å²) in [4.78, 5) is 17.5. The van der Waals surface area contributed by atoms with Crippen LogP contribution in [0.1, 0.15) is 45.6 Å². The first-order valence-electron chi connectivity index (χ1n) is 12.4. The van der Waals surface area contributed by atoms with Crippen LogP contribution in [0.5, 0.6) is 5.75 Å². The van der Waals surface area contributed by atoms with Gasteiger partial charge in [0.25, 0.3) is 0 Å². The van der Waals surface area contributed by atoms with Crippen LogP contribution in [0.2, 0.25) is 0 Å². The Kier molecular flexibility index (Phi) is 6.25. The van der Waals surface area contributed by atoms with E-state index in [0.717, 1.165) is 47.2 Å². The monoisotopic (exact) mass is 497 g/mol. The van der Waals surface area contributed by atoms with Crippen LogP contribution in [0, 0.1) is 0 Å². The molecule has 1 aliphatic carbocycles. The molecule has 0 bridgehead atoms. The van der Waals surface area contributed by atoms with Gasteiger partial charge >= 0.3 is 6.09 Å². The Hall–Kier alpha value is -4.10. The quantitative estimate of drug-likeness (QED) is 0.175. The fraction of sp³-hybridized carbons (Fsp3) is 0.267. The summed E-state index contributed by atoms with van der Waals surface area (Å²) in [5.41, 5.74) is 6.41. The van der Waals surface area contributed by atoms with E-state index in [9.17, 15) is 15.1 Å². The van der Waals surface area contributed by atoms with Gasteiger partial charge in [-0.05, 0) is 69.4 Å². The summed E-state index contributed by atoms with van der Waals surface area (Å²) >= 11 is 0. The molecule has 1 heterocycles. The number of nitrogens with one attached hydrogen (secondary N) is 2. The van der Waals surface area contributed by atoms with Gasteiger partial charge in [-0.3, -0.25) is 10.7 Å². The van der Waals surface area contributed by atoms with Gasteiger partial charge in [-0.15, -0.1) is 0 Å². The molecule has 1 aliphatic rings. The van der Waals surface area contributed by atoms with E-state index in [4.69, 9.17) is 9.72 Å². The number of carbonyl (C=O) groups is 1. The van der Waals surface area contributed by atoms with Crippen LogP contribution in [0.4, 0.5) is 10.5 Å². The molecule has 1 aromatic heterocycles. The number of pyridine rings is 1. The number of amides is 1. The largest absolute Gasteiger partial charge is 0.505 e. The number of hydrogen-bond acceptors (Lipinski definition) is 6. The minimum atomic E-state index is -0.559. The number of ether oxygens (including phenoxy) is 1. The highest BCUT2D eigenvalue weighted by Gasteiger charge is 2.41. The number of hydrogen-bond donors (Lipinski definition) is 4. The highest BCUT2D eigenvalue weighted by Crippen LogP contribution is 2.43. The van der Waals surface area contributed by atoms with Gasteiger partial charge in [-0.25, -0.2) is 9.78 Å². The number of phenolic OH excluding ortho intramolecular Hbond substituents is 1. The SMILES string of the molecule is CC(C)(C)OC(=O)NC1(c2ccc(-c3nc4ccc(NO)c(O)c4cc3-c3ccccc3)cc2)CCC1. The fourth-order valence-corrected chi connectivity index (χ4v) is 4.84. The third-order valence-electron chi connectivity index (χ3n) is 6.83. The molecule has 7 nitrogen and oxygen atoms in total. The van der Waals surface area contributed by atoms with Crippen LogP contribution >= 0.6 is 0 Å². The van der Waals surface area contributed by atoms with Crippen LogP contribution in [-0.2, 0) is 10.3 Å². The molecule has 1 fully saturated rings. The number of nitrogens with zero attached hydrogens (tertiary/aromatic N) is 1. The van der Waals surface area contributed by atoms with Crippen LogP contribution in [0.25, 0.3) is 33.3 Å². The van der Waals surface area contributed by atoms with E-state index in [1.807, 2.05) is 86.9 Å². The van der Waals surface area contributed by atoms with Crippen molar-refractivity contribution >= 4 is 22.7 Å². The van der Waals surface area contributed by atoms with Gasteiger partial charge in [-0.2, -0.15) is 0 Å². The topological polar surface area (TPSA) is 104 Å². The number of fused-ring (bicyclic) bond motifs is 1. The molecule has 5 rings (SSSR count). The summed E-state index contributed by atoms with van der Waals surface area (Å²) in [5.74, 6) is -0.0632. The predicted octanol–water partition coefficient (Wildman–Crippen LogP) is 6.98. The lowest BCUT2D eigenvalue weighted by Gasteiger charge is -2.43. The Balaban J connectivity index is 1.55. The average Bonchev–Trinajstić information content (AvgIpc) is 2.85. The average molecular weight is 498 g/mol. The van der Waals surface area contributed by atoms with Gasteiger partial charge in [0.05, 0.1) is 16.7 Å². The number of phenols is 1. The summed E-state index contributed by atoms with van der Waals surface area (Å²) < 4.78 is 5.51. The lowest BCUT2D eigenvalue weighted by Crippen LogP contribution is -2.52. The number of carbonyl (C=O) groups excluding carboxylic acids is 1. The Morgan fingerprint density at radius 2 is 1.68 bits per heavy atom. The predicted molar refractivity (Wildman–Crippen MR) is 145 cm³/mol. The number of rotatable bonds is 5. The van der Waals surface area contributed by atoms with Crippen LogP contribution in [-0.4, -0.2) is 27.0 Å². The van der Waals surface area contributed by atoms with Crippen molar-refractivity contribution in [2.45, 2.75) is 51.2 Å². The van der Waals surface area contributed by atoms with E-state index < -0.39 is 17.2 Å². The fourth-order valence-electron chi connectivity index (χ4n) is 4.84. The van der Waals surface area contributed by atoms with Gasteiger partial charge in [0, 0.05) is 16.5 Å². The maximum atomic E-state index is 12.5. The Bertz CT molecular complexity index is 1440. The lowest BCUT2D eigenvalue weighted by molar-refractivity contribution is 0.0377. The van der Waals surface area contributed by atoms with Gasteiger partial charge in [-0.1, -0.05) is 54.6 Å². The van der Waals surface area contributed by atoms with E-state index >= 15 is 0 Å². The second kappa shape index (κ2) is 9.41. The van der Waals surface area contributed by atoms with E-state index in [-0.39, 0.29) is 11.4 Å². The van der Waals surface area contributed by atoms with Crippen molar-refractivity contribution in [1.82, 2.24) is 10.3 Å². The lowest BCUT2D eigenvalue weighted by atomic mass is 9.71. The molecule has 37 heavy (non-hydrogen) atoms. The van der Waals surface area contributed by atoms with Crippen LogP contribution in [0.15, 0.2) is 72.8 Å². The molecule has 4 N–H and O–H groups in total. The number of alkyl carbamates (subject to hydrolysis) is 1. The second-order valence-corrected chi connectivity index (χ2v) is 10.5. The minimum Gasteiger partial charge on any atom is -0.505 e. The summed E-state index contributed by atoms with van der Waals surface area (Å²) in [6, 6.07) is 23.2. The molecule has 0 aliphatic heterocycles. The highest BCUT2D eigenvalue weighted by atomic mass is 16.6. The molecule has 7 heteroatoms. The third kappa shape index (κ3) is 4.82. The van der Waals surface area contributed by atoms with E-state index in [2.05, 4.69) is 5.32 Å². The van der Waals surface area contributed by atoms with Crippen LogP contribution in [0.3, 0.4) is 0 Å². The van der Waals surface area contributed by atoms with Gasteiger partial charge in [0.15, 0.2) is 0 Å². The van der Waals surface area contributed by atoms with E-state index in [1.165, 1.54) is 0 Å². The first kappa shape index (κ1) is 24.6. The zero-order valence-electron chi connectivity index (χ0n) is 21.2. The first-order valence-corrected chi connectivity index (χ1v) is 12.4. The number of benzene rings is 3. The highest BCUT2D eigenvalue weighted by molar-refractivity contribution is 5.97. The normalized spacial score (nSPS) is 14.6. The molecule has 3 aromatic carbocycles. The Labute approximate surface area is 216 Å². The van der Waals surface area contributed by atoms with Crippen molar-refractivity contribution in [2.75, 3.05) is 5.48 Å². The van der Waals surface area contributed by atoms with Crippen molar-refractivity contribution < 1.29 is 19.8 Å². The minimum absolute atomic E-state index is 0.0632.